The van der Waals surface area contributed by atoms with E-state index in [2.05, 4.69) is 29.6 Å². The topological polar surface area (TPSA) is 95.9 Å². The SMILES string of the molecule is CCC(C)CC(NC(=O)OCC1c2ccccc2-c2ccccc21)C(=O)N1CCC[C@H]1CC(=O)O. The van der Waals surface area contributed by atoms with Gasteiger partial charge in [0.15, 0.2) is 0 Å². The van der Waals surface area contributed by atoms with Crippen LogP contribution in [0.25, 0.3) is 11.1 Å². The van der Waals surface area contributed by atoms with Crippen molar-refractivity contribution in [3.8, 4) is 11.1 Å². The number of fused-ring (bicyclic) bond motifs is 3. The zero-order chi connectivity index (χ0) is 24.9. The number of alkyl carbamates (subject to hydrolysis) is 1. The molecule has 4 rings (SSSR count). The first kappa shape index (κ1) is 24.8. The van der Waals surface area contributed by atoms with Crippen molar-refractivity contribution in [1.82, 2.24) is 10.2 Å². The third-order valence-corrected chi connectivity index (χ3v) is 7.34. The number of nitrogens with zero attached hydrogens (tertiary/aromatic N) is 1. The number of aliphatic carboxylic acids is 1. The van der Waals surface area contributed by atoms with Crippen molar-refractivity contribution < 1.29 is 24.2 Å². The summed E-state index contributed by atoms with van der Waals surface area (Å²) in [5.74, 6) is -0.978. The van der Waals surface area contributed by atoms with Gasteiger partial charge in [0.25, 0.3) is 0 Å². The van der Waals surface area contributed by atoms with Crippen LogP contribution in [0.2, 0.25) is 0 Å². The van der Waals surface area contributed by atoms with Crippen molar-refractivity contribution in [2.24, 2.45) is 5.92 Å². The van der Waals surface area contributed by atoms with E-state index < -0.39 is 18.1 Å². The molecule has 0 bridgehead atoms. The summed E-state index contributed by atoms with van der Waals surface area (Å²) in [6.45, 7) is 4.77. The smallest absolute Gasteiger partial charge is 0.407 e. The van der Waals surface area contributed by atoms with Crippen LogP contribution in [-0.4, -0.2) is 53.2 Å². The molecule has 0 spiro atoms. The Morgan fingerprint density at radius 3 is 2.31 bits per heavy atom. The zero-order valence-corrected chi connectivity index (χ0v) is 20.4. The number of hydrogen-bond donors (Lipinski definition) is 2. The predicted octanol–water partition coefficient (Wildman–Crippen LogP) is 4.80. The molecule has 2 N–H and O–H groups in total. The molecule has 186 valence electrons. The fourth-order valence-corrected chi connectivity index (χ4v) is 5.31. The molecule has 2 aromatic rings. The van der Waals surface area contributed by atoms with E-state index in [1.807, 2.05) is 38.1 Å². The largest absolute Gasteiger partial charge is 0.481 e. The van der Waals surface area contributed by atoms with Crippen molar-refractivity contribution in [1.29, 1.82) is 0 Å². The first-order valence-corrected chi connectivity index (χ1v) is 12.5. The summed E-state index contributed by atoms with van der Waals surface area (Å²) in [4.78, 5) is 39.1. The predicted molar refractivity (Wildman–Crippen MR) is 133 cm³/mol. The Balaban J connectivity index is 1.44. The van der Waals surface area contributed by atoms with Crippen molar-refractivity contribution >= 4 is 18.0 Å². The standard InChI is InChI=1S/C28H34N2O5/c1-3-18(2)15-25(27(33)30-14-8-9-19(30)16-26(31)32)29-28(34)35-17-24-22-12-6-4-10-20(22)21-11-5-7-13-23(21)24/h4-7,10-13,18-19,24-25H,3,8-9,14-17H2,1-2H3,(H,29,34)(H,31,32)/t18?,19-,25?/m0/s1. The number of carbonyl (C=O) groups is 3. The molecule has 1 aliphatic carbocycles. The van der Waals surface area contributed by atoms with Gasteiger partial charge in [-0.1, -0.05) is 68.8 Å². The summed E-state index contributed by atoms with van der Waals surface area (Å²) in [5, 5.41) is 12.0. The van der Waals surface area contributed by atoms with Gasteiger partial charge in [-0.25, -0.2) is 4.79 Å². The Morgan fingerprint density at radius 1 is 1.09 bits per heavy atom. The van der Waals surface area contributed by atoms with Crippen LogP contribution >= 0.6 is 0 Å². The van der Waals surface area contributed by atoms with Crippen molar-refractivity contribution in [3.63, 3.8) is 0 Å². The lowest BCUT2D eigenvalue weighted by molar-refractivity contribution is -0.140. The molecule has 1 heterocycles. The normalized spacial score (nSPS) is 18.5. The molecule has 0 saturated carbocycles. The molecule has 7 nitrogen and oxygen atoms in total. The molecule has 2 aliphatic rings. The zero-order valence-electron chi connectivity index (χ0n) is 20.4. The Morgan fingerprint density at radius 2 is 1.71 bits per heavy atom. The van der Waals surface area contributed by atoms with E-state index in [1.54, 1.807) is 4.90 Å². The molecule has 0 aromatic heterocycles. The Hall–Kier alpha value is -3.35. The van der Waals surface area contributed by atoms with Crippen LogP contribution < -0.4 is 5.32 Å². The van der Waals surface area contributed by atoms with Crippen molar-refractivity contribution in [3.05, 3.63) is 59.7 Å². The van der Waals surface area contributed by atoms with Gasteiger partial charge in [0.1, 0.15) is 12.6 Å². The summed E-state index contributed by atoms with van der Waals surface area (Å²) in [5.41, 5.74) is 4.56. The highest BCUT2D eigenvalue weighted by molar-refractivity contribution is 5.86. The van der Waals surface area contributed by atoms with E-state index in [0.717, 1.165) is 35.1 Å². The maximum atomic E-state index is 13.4. The van der Waals surface area contributed by atoms with Gasteiger partial charge in [-0.2, -0.15) is 0 Å². The average Bonchev–Trinajstić information content (AvgIpc) is 3.43. The number of carboxylic acids is 1. The van der Waals surface area contributed by atoms with Crippen LogP contribution in [0.5, 0.6) is 0 Å². The van der Waals surface area contributed by atoms with Crippen LogP contribution in [0.1, 0.15) is 63.0 Å². The van der Waals surface area contributed by atoms with Gasteiger partial charge in [-0.3, -0.25) is 9.59 Å². The number of carbonyl (C=O) groups excluding carboxylic acids is 2. The summed E-state index contributed by atoms with van der Waals surface area (Å²) < 4.78 is 5.67. The molecule has 2 amide bonds. The van der Waals surface area contributed by atoms with E-state index in [1.165, 1.54) is 0 Å². The molecular weight excluding hydrogens is 444 g/mol. The lowest BCUT2D eigenvalue weighted by Crippen LogP contribution is -2.51. The van der Waals surface area contributed by atoms with E-state index in [-0.39, 0.29) is 36.8 Å². The summed E-state index contributed by atoms with van der Waals surface area (Å²) in [6, 6.07) is 15.2. The second-order valence-corrected chi connectivity index (χ2v) is 9.70. The highest BCUT2D eigenvalue weighted by atomic mass is 16.5. The molecule has 35 heavy (non-hydrogen) atoms. The van der Waals surface area contributed by atoms with Crippen molar-refractivity contribution in [2.45, 2.75) is 64.0 Å². The minimum absolute atomic E-state index is 0.0598. The molecule has 1 aliphatic heterocycles. The number of nitrogens with one attached hydrogen (secondary N) is 1. The number of ether oxygens (including phenoxy) is 1. The lowest BCUT2D eigenvalue weighted by atomic mass is 9.98. The highest BCUT2D eigenvalue weighted by Gasteiger charge is 2.36. The first-order chi connectivity index (χ1) is 16.9. The quantitative estimate of drug-likeness (QED) is 0.540. The molecule has 2 unspecified atom stereocenters. The number of rotatable bonds is 9. The van der Waals surface area contributed by atoms with Gasteiger partial charge in [0.05, 0.1) is 6.42 Å². The molecule has 1 fully saturated rings. The van der Waals surface area contributed by atoms with E-state index in [0.29, 0.717) is 19.4 Å². The Kier molecular flexibility index (Phi) is 7.73. The van der Waals surface area contributed by atoms with Crippen LogP contribution in [0, 0.1) is 5.92 Å². The highest BCUT2D eigenvalue weighted by Crippen LogP contribution is 2.44. The fourth-order valence-electron chi connectivity index (χ4n) is 5.31. The molecule has 7 heteroatoms. The van der Waals surface area contributed by atoms with Crippen LogP contribution in [0.4, 0.5) is 4.79 Å². The summed E-state index contributed by atoms with van der Waals surface area (Å²) >= 11 is 0. The fraction of sp³-hybridized carbons (Fsp3) is 0.464. The van der Waals surface area contributed by atoms with E-state index in [9.17, 15) is 19.5 Å². The number of likely N-dealkylation sites (tertiary alicyclic amines) is 1. The van der Waals surface area contributed by atoms with Crippen LogP contribution in [-0.2, 0) is 14.3 Å². The Labute approximate surface area is 206 Å². The van der Waals surface area contributed by atoms with Gasteiger partial charge < -0.3 is 20.1 Å². The monoisotopic (exact) mass is 478 g/mol. The second-order valence-electron chi connectivity index (χ2n) is 9.70. The van der Waals surface area contributed by atoms with Gasteiger partial charge in [-0.15, -0.1) is 0 Å². The molecular formula is C28H34N2O5. The lowest BCUT2D eigenvalue weighted by Gasteiger charge is -2.29. The second kappa shape index (κ2) is 10.9. The van der Waals surface area contributed by atoms with Crippen molar-refractivity contribution in [2.75, 3.05) is 13.2 Å². The summed E-state index contributed by atoms with van der Waals surface area (Å²) in [7, 11) is 0. The van der Waals surface area contributed by atoms with Gasteiger partial charge in [0, 0.05) is 18.5 Å². The molecule has 1 saturated heterocycles. The van der Waals surface area contributed by atoms with Crippen LogP contribution in [0.15, 0.2) is 48.5 Å². The maximum Gasteiger partial charge on any atom is 0.407 e. The minimum Gasteiger partial charge on any atom is -0.481 e. The Bertz CT molecular complexity index is 1040. The number of hydrogen-bond acceptors (Lipinski definition) is 4. The maximum absolute atomic E-state index is 13.4. The average molecular weight is 479 g/mol. The minimum atomic E-state index is -0.919. The van der Waals surface area contributed by atoms with E-state index in [4.69, 9.17) is 4.74 Å². The molecule has 0 radical (unpaired) electrons. The molecule has 2 aromatic carbocycles. The van der Waals surface area contributed by atoms with Gasteiger partial charge in [0.2, 0.25) is 5.91 Å². The molecule has 3 atom stereocenters. The number of amides is 2. The third-order valence-electron chi connectivity index (χ3n) is 7.34. The van der Waals surface area contributed by atoms with E-state index >= 15 is 0 Å². The van der Waals surface area contributed by atoms with Gasteiger partial charge >= 0.3 is 12.1 Å². The van der Waals surface area contributed by atoms with Gasteiger partial charge in [-0.05, 0) is 47.4 Å². The van der Waals surface area contributed by atoms with Crippen LogP contribution in [0.3, 0.4) is 0 Å². The summed E-state index contributed by atoms with van der Waals surface area (Å²) in [6.07, 6.45) is 2.09. The third kappa shape index (κ3) is 5.50. The number of carboxylic acid groups (broad SMARTS) is 1. The number of benzene rings is 2. The first-order valence-electron chi connectivity index (χ1n) is 12.5.